The normalized spacial score (nSPS) is 22.6. The molecule has 2 aliphatic heterocycles. The highest BCUT2D eigenvalue weighted by atomic mass is 127. The summed E-state index contributed by atoms with van der Waals surface area (Å²) in [7, 11) is 0. The molecule has 0 aliphatic carbocycles. The lowest BCUT2D eigenvalue weighted by molar-refractivity contribution is -0.136. The van der Waals surface area contributed by atoms with E-state index >= 15 is 0 Å². The lowest BCUT2D eigenvalue weighted by Crippen LogP contribution is -2.49. The van der Waals surface area contributed by atoms with Crippen LogP contribution < -0.4 is 4.74 Å². The van der Waals surface area contributed by atoms with Gasteiger partial charge < -0.3 is 25.0 Å². The highest BCUT2D eigenvalue weighted by Gasteiger charge is 2.44. The second-order valence-corrected chi connectivity index (χ2v) is 11.3. The number of halogens is 1. The van der Waals surface area contributed by atoms with Crippen LogP contribution in [0.4, 0.5) is 0 Å². The third kappa shape index (κ3) is 5.76. The summed E-state index contributed by atoms with van der Waals surface area (Å²) in [4.78, 5) is 25.6. The number of phenolic OH excluding ortho intramolecular Hbond substituents is 1. The van der Waals surface area contributed by atoms with Crippen LogP contribution in [0.3, 0.4) is 0 Å². The Labute approximate surface area is 214 Å². The van der Waals surface area contributed by atoms with E-state index in [-0.39, 0.29) is 31.2 Å². The minimum atomic E-state index is -0.981. The summed E-state index contributed by atoms with van der Waals surface area (Å²) in [5.74, 6) is -0.930. The molecular weight excluding hydrogens is 549 g/mol. The SMILES string of the molecule is CC(C)=CCC/C(C)=C/CC[C@]1(C)Oc2c(c(O)cc3c2CN(CC(I)C(=O)O)C3=O)C[C@@H]1O. The van der Waals surface area contributed by atoms with Gasteiger partial charge in [0.1, 0.15) is 21.0 Å². The van der Waals surface area contributed by atoms with Crippen molar-refractivity contribution in [3.05, 3.63) is 46.1 Å². The predicted octanol–water partition coefficient (Wildman–Crippen LogP) is 4.76. The number of benzene rings is 1. The van der Waals surface area contributed by atoms with Crippen LogP contribution >= 0.6 is 22.6 Å². The van der Waals surface area contributed by atoms with Gasteiger partial charge in [0.15, 0.2) is 0 Å². The molecule has 2 aliphatic rings. The number of allylic oxidation sites excluding steroid dienone is 4. The lowest BCUT2D eigenvalue weighted by Gasteiger charge is -2.40. The molecular formula is C26H34INO6. The summed E-state index contributed by atoms with van der Waals surface area (Å²) in [5.41, 5.74) is 3.21. The predicted molar refractivity (Wildman–Crippen MR) is 139 cm³/mol. The Bertz CT molecular complexity index is 1030. The van der Waals surface area contributed by atoms with Crippen molar-refractivity contribution in [2.45, 2.75) is 82.0 Å². The van der Waals surface area contributed by atoms with Crippen LogP contribution in [0.15, 0.2) is 29.4 Å². The molecule has 0 saturated heterocycles. The Kier molecular flexibility index (Phi) is 8.34. The van der Waals surface area contributed by atoms with Gasteiger partial charge in [-0.3, -0.25) is 9.59 Å². The number of aliphatic hydroxyl groups excluding tert-OH is 1. The van der Waals surface area contributed by atoms with Gasteiger partial charge in [0.05, 0.1) is 18.2 Å². The standard InChI is InChI=1S/C26H34INO6/c1-15(2)7-5-8-16(3)9-6-10-26(4)22(30)12-18-21(29)11-17-19(23(18)34-26)13-28(24(17)31)14-20(27)25(32)33/h7,9,11,20,22,29-30H,5-6,8,10,12-14H2,1-4H3,(H,32,33)/b16-9+/t20?,22-,26-/m0/s1. The maximum absolute atomic E-state index is 12.9. The van der Waals surface area contributed by atoms with Gasteiger partial charge in [0.25, 0.3) is 5.91 Å². The van der Waals surface area contributed by atoms with E-state index in [1.165, 1.54) is 22.1 Å². The fourth-order valence-corrected chi connectivity index (χ4v) is 4.95. The summed E-state index contributed by atoms with van der Waals surface area (Å²) >= 11 is 1.80. The summed E-state index contributed by atoms with van der Waals surface area (Å²) in [5, 5.41) is 30.7. The Balaban J connectivity index is 1.78. The average Bonchev–Trinajstić information content (AvgIpc) is 3.05. The van der Waals surface area contributed by atoms with Crippen LogP contribution in [0.1, 0.15) is 74.9 Å². The number of carbonyl (C=O) groups is 2. The monoisotopic (exact) mass is 583 g/mol. The molecule has 3 N–H and O–H groups in total. The number of aliphatic hydroxyl groups is 1. The van der Waals surface area contributed by atoms with Crippen LogP contribution in [0, 0.1) is 0 Å². The Morgan fingerprint density at radius 2 is 2.00 bits per heavy atom. The average molecular weight is 583 g/mol. The molecule has 0 radical (unpaired) electrons. The van der Waals surface area contributed by atoms with E-state index in [9.17, 15) is 24.9 Å². The van der Waals surface area contributed by atoms with E-state index in [4.69, 9.17) is 4.74 Å². The van der Waals surface area contributed by atoms with Crippen LogP contribution in [0.2, 0.25) is 0 Å². The zero-order valence-corrected chi connectivity index (χ0v) is 22.4. The number of carbonyl (C=O) groups excluding carboxylic acids is 1. The fraction of sp³-hybridized carbons (Fsp3) is 0.538. The zero-order chi connectivity index (χ0) is 25.2. The zero-order valence-electron chi connectivity index (χ0n) is 20.2. The minimum absolute atomic E-state index is 0.0651. The first-order valence-corrected chi connectivity index (χ1v) is 12.9. The molecule has 0 saturated carbocycles. The molecule has 0 bridgehead atoms. The molecule has 1 unspecified atom stereocenters. The number of fused-ring (bicyclic) bond motifs is 3. The van der Waals surface area contributed by atoms with Crippen molar-refractivity contribution in [3.8, 4) is 11.5 Å². The molecule has 1 aromatic carbocycles. The largest absolute Gasteiger partial charge is 0.508 e. The van der Waals surface area contributed by atoms with E-state index in [1.807, 2.05) is 6.92 Å². The first kappa shape index (κ1) is 26.5. The van der Waals surface area contributed by atoms with Crippen molar-refractivity contribution in [1.29, 1.82) is 0 Å². The summed E-state index contributed by atoms with van der Waals surface area (Å²) in [6.45, 7) is 8.44. The highest BCUT2D eigenvalue weighted by molar-refractivity contribution is 14.1. The molecule has 186 valence electrons. The number of carboxylic acids is 1. The maximum Gasteiger partial charge on any atom is 0.318 e. The van der Waals surface area contributed by atoms with Gasteiger partial charge in [-0.15, -0.1) is 0 Å². The van der Waals surface area contributed by atoms with Crippen molar-refractivity contribution in [2.75, 3.05) is 6.54 Å². The molecule has 3 atom stereocenters. The van der Waals surface area contributed by atoms with Gasteiger partial charge in [0.2, 0.25) is 0 Å². The highest BCUT2D eigenvalue weighted by Crippen LogP contribution is 2.46. The van der Waals surface area contributed by atoms with Crippen LogP contribution in [0.5, 0.6) is 11.5 Å². The van der Waals surface area contributed by atoms with Crippen LogP contribution in [-0.2, 0) is 17.8 Å². The molecule has 1 amide bonds. The van der Waals surface area contributed by atoms with Gasteiger partial charge in [-0.2, -0.15) is 0 Å². The molecule has 0 aromatic heterocycles. The van der Waals surface area contributed by atoms with E-state index in [1.54, 1.807) is 22.6 Å². The number of rotatable bonds is 9. The maximum atomic E-state index is 12.9. The quantitative estimate of drug-likeness (QED) is 0.220. The minimum Gasteiger partial charge on any atom is -0.508 e. The van der Waals surface area contributed by atoms with Crippen molar-refractivity contribution in [3.63, 3.8) is 0 Å². The van der Waals surface area contributed by atoms with Crippen molar-refractivity contribution in [2.24, 2.45) is 0 Å². The number of hydrogen-bond donors (Lipinski definition) is 3. The van der Waals surface area contributed by atoms with Crippen molar-refractivity contribution < 1.29 is 29.6 Å². The van der Waals surface area contributed by atoms with E-state index in [0.717, 1.165) is 19.3 Å². The number of alkyl halides is 1. The van der Waals surface area contributed by atoms with Crippen LogP contribution in [0.25, 0.3) is 0 Å². The number of aliphatic carboxylic acids is 1. The molecule has 0 fully saturated rings. The molecule has 1 aromatic rings. The summed E-state index contributed by atoms with van der Waals surface area (Å²) in [6, 6.07) is 1.41. The van der Waals surface area contributed by atoms with Gasteiger partial charge in [-0.1, -0.05) is 45.9 Å². The fourth-order valence-electron chi connectivity index (χ4n) is 4.48. The van der Waals surface area contributed by atoms with E-state index in [0.29, 0.717) is 28.9 Å². The van der Waals surface area contributed by atoms with Crippen molar-refractivity contribution in [1.82, 2.24) is 4.90 Å². The summed E-state index contributed by atoms with van der Waals surface area (Å²) in [6.07, 6.45) is 7.15. The van der Waals surface area contributed by atoms with Crippen molar-refractivity contribution >= 4 is 34.5 Å². The number of ether oxygens (including phenoxy) is 1. The Hall–Kier alpha value is -2.07. The molecule has 7 nitrogen and oxygen atoms in total. The van der Waals surface area contributed by atoms with Crippen LogP contribution in [-0.4, -0.2) is 54.3 Å². The molecule has 8 heteroatoms. The number of aromatic hydroxyl groups is 1. The topological polar surface area (TPSA) is 107 Å². The van der Waals surface area contributed by atoms with Gasteiger partial charge >= 0.3 is 5.97 Å². The third-order valence-electron chi connectivity index (χ3n) is 6.64. The molecule has 0 spiro atoms. The first-order valence-electron chi connectivity index (χ1n) is 11.6. The number of amides is 1. The third-order valence-corrected chi connectivity index (χ3v) is 7.57. The van der Waals surface area contributed by atoms with Gasteiger partial charge in [-0.25, -0.2) is 0 Å². The number of nitrogens with zero attached hydrogens (tertiary/aromatic N) is 1. The van der Waals surface area contributed by atoms with E-state index in [2.05, 4.69) is 32.9 Å². The number of carboxylic acid groups (broad SMARTS) is 1. The second-order valence-electron chi connectivity index (χ2n) is 9.76. The van der Waals surface area contributed by atoms with Gasteiger partial charge in [-0.05, 0) is 59.4 Å². The summed E-state index contributed by atoms with van der Waals surface area (Å²) < 4.78 is 5.62. The molecule has 3 rings (SSSR count). The molecule has 2 heterocycles. The number of hydrogen-bond acceptors (Lipinski definition) is 5. The van der Waals surface area contributed by atoms with E-state index < -0.39 is 21.6 Å². The Morgan fingerprint density at radius 3 is 2.65 bits per heavy atom. The molecule has 34 heavy (non-hydrogen) atoms. The number of phenols is 1. The smallest absolute Gasteiger partial charge is 0.318 e. The first-order chi connectivity index (χ1) is 15.9. The second kappa shape index (κ2) is 10.7. The van der Waals surface area contributed by atoms with Gasteiger partial charge in [0, 0.05) is 24.1 Å². The lowest BCUT2D eigenvalue weighted by atomic mass is 9.84. The Morgan fingerprint density at radius 1 is 1.29 bits per heavy atom.